The molecule has 0 bridgehead atoms. The SMILES string of the molecule is CCc1ccc(N2CCOCC2)c2sc(CC(=O)N3CCC(C)(O)CC3)nc12. The van der Waals surface area contributed by atoms with Gasteiger partial charge in [0.05, 0.1) is 41.1 Å². The van der Waals surface area contributed by atoms with Gasteiger partial charge >= 0.3 is 0 Å². The number of fused-ring (bicyclic) bond motifs is 1. The number of piperidine rings is 1. The number of rotatable bonds is 4. The average Bonchev–Trinajstić information content (AvgIpc) is 3.11. The third-order valence-corrected chi connectivity index (χ3v) is 6.96. The molecule has 2 aliphatic heterocycles. The molecule has 0 saturated carbocycles. The molecule has 3 heterocycles. The van der Waals surface area contributed by atoms with E-state index >= 15 is 0 Å². The lowest BCUT2D eigenvalue weighted by molar-refractivity contribution is -0.134. The van der Waals surface area contributed by atoms with Gasteiger partial charge in [-0.25, -0.2) is 4.98 Å². The number of anilines is 1. The number of morpholine rings is 1. The Balaban J connectivity index is 1.57. The number of carbonyl (C=O) groups is 1. The maximum absolute atomic E-state index is 12.8. The van der Waals surface area contributed by atoms with Crippen LogP contribution in [-0.2, 0) is 22.4 Å². The zero-order valence-corrected chi connectivity index (χ0v) is 17.6. The van der Waals surface area contributed by atoms with Crippen molar-refractivity contribution in [2.45, 2.75) is 45.1 Å². The van der Waals surface area contributed by atoms with E-state index in [1.165, 1.54) is 16.0 Å². The minimum absolute atomic E-state index is 0.112. The van der Waals surface area contributed by atoms with Crippen LogP contribution in [0.2, 0.25) is 0 Å². The van der Waals surface area contributed by atoms with Gasteiger partial charge in [0.25, 0.3) is 0 Å². The average molecular weight is 404 g/mol. The number of aromatic nitrogens is 1. The number of aryl methyl sites for hydroxylation is 1. The third-order valence-electron chi connectivity index (χ3n) is 5.88. The van der Waals surface area contributed by atoms with Gasteiger partial charge < -0.3 is 19.6 Å². The van der Waals surface area contributed by atoms with Crippen molar-refractivity contribution in [1.82, 2.24) is 9.88 Å². The number of amides is 1. The van der Waals surface area contributed by atoms with E-state index in [0.29, 0.717) is 32.4 Å². The number of likely N-dealkylation sites (tertiary alicyclic amines) is 1. The Hall–Kier alpha value is -1.70. The molecule has 0 unspecified atom stereocenters. The topological polar surface area (TPSA) is 65.9 Å². The summed E-state index contributed by atoms with van der Waals surface area (Å²) in [5.74, 6) is 0.112. The van der Waals surface area contributed by atoms with Gasteiger partial charge in [0.15, 0.2) is 0 Å². The smallest absolute Gasteiger partial charge is 0.229 e. The highest BCUT2D eigenvalue weighted by Gasteiger charge is 2.30. The van der Waals surface area contributed by atoms with E-state index in [-0.39, 0.29) is 5.91 Å². The Kier molecular flexibility index (Phi) is 5.58. The normalized spacial score (nSPS) is 20.0. The summed E-state index contributed by atoms with van der Waals surface area (Å²) < 4.78 is 6.68. The zero-order valence-electron chi connectivity index (χ0n) is 16.7. The first kappa shape index (κ1) is 19.6. The number of aliphatic hydroxyl groups is 1. The van der Waals surface area contributed by atoms with Gasteiger partial charge in [-0.1, -0.05) is 13.0 Å². The van der Waals surface area contributed by atoms with Crippen molar-refractivity contribution in [2.75, 3.05) is 44.3 Å². The number of nitrogens with zero attached hydrogens (tertiary/aromatic N) is 3. The maximum Gasteiger partial charge on any atom is 0.229 e. The lowest BCUT2D eigenvalue weighted by atomic mass is 9.94. The molecule has 0 atom stereocenters. The van der Waals surface area contributed by atoms with E-state index in [1.807, 2.05) is 11.8 Å². The molecule has 6 nitrogen and oxygen atoms in total. The lowest BCUT2D eigenvalue weighted by Crippen LogP contribution is -2.45. The van der Waals surface area contributed by atoms with Crippen molar-refractivity contribution in [3.63, 3.8) is 0 Å². The fourth-order valence-corrected chi connectivity index (χ4v) is 5.13. The molecular weight excluding hydrogens is 374 g/mol. The van der Waals surface area contributed by atoms with Gasteiger partial charge in [-0.3, -0.25) is 4.79 Å². The van der Waals surface area contributed by atoms with E-state index in [2.05, 4.69) is 24.0 Å². The Morgan fingerprint density at radius 1 is 1.25 bits per heavy atom. The summed E-state index contributed by atoms with van der Waals surface area (Å²) in [6.45, 7) is 8.52. The minimum Gasteiger partial charge on any atom is -0.390 e. The van der Waals surface area contributed by atoms with Crippen LogP contribution in [0.25, 0.3) is 10.2 Å². The fourth-order valence-electron chi connectivity index (χ4n) is 3.98. The molecule has 152 valence electrons. The van der Waals surface area contributed by atoms with Crippen LogP contribution in [0.3, 0.4) is 0 Å². The molecule has 28 heavy (non-hydrogen) atoms. The zero-order chi connectivity index (χ0) is 19.7. The molecule has 4 rings (SSSR count). The molecule has 0 radical (unpaired) electrons. The van der Waals surface area contributed by atoms with Crippen molar-refractivity contribution in [2.24, 2.45) is 0 Å². The second-order valence-electron chi connectivity index (χ2n) is 8.04. The van der Waals surface area contributed by atoms with E-state index in [0.717, 1.165) is 43.2 Å². The largest absolute Gasteiger partial charge is 0.390 e. The first-order valence-corrected chi connectivity index (χ1v) is 11.0. The Bertz CT molecular complexity index is 848. The van der Waals surface area contributed by atoms with Crippen molar-refractivity contribution >= 4 is 33.1 Å². The molecule has 0 aliphatic carbocycles. The molecule has 0 spiro atoms. The van der Waals surface area contributed by atoms with E-state index in [1.54, 1.807) is 11.3 Å². The first-order chi connectivity index (χ1) is 13.5. The highest BCUT2D eigenvalue weighted by Crippen LogP contribution is 2.35. The summed E-state index contributed by atoms with van der Waals surface area (Å²) in [5.41, 5.74) is 2.84. The Labute approximate surface area is 170 Å². The molecule has 2 aliphatic rings. The summed E-state index contributed by atoms with van der Waals surface area (Å²) in [4.78, 5) is 21.9. The summed E-state index contributed by atoms with van der Waals surface area (Å²) in [6.07, 6.45) is 2.55. The number of thiazole rings is 1. The molecule has 1 aromatic heterocycles. The second kappa shape index (κ2) is 7.97. The number of benzene rings is 1. The van der Waals surface area contributed by atoms with E-state index < -0.39 is 5.60 Å². The molecule has 2 saturated heterocycles. The molecular formula is C21H29N3O3S. The maximum atomic E-state index is 12.8. The first-order valence-electron chi connectivity index (χ1n) is 10.2. The predicted octanol–water partition coefficient (Wildman–Crippen LogP) is 2.61. The van der Waals surface area contributed by atoms with Crippen LogP contribution in [-0.4, -0.2) is 65.9 Å². The fraction of sp³-hybridized carbons (Fsp3) is 0.619. The van der Waals surface area contributed by atoms with Crippen LogP contribution in [0, 0.1) is 0 Å². The summed E-state index contributed by atoms with van der Waals surface area (Å²) in [5, 5.41) is 11.0. The molecule has 1 amide bonds. The monoisotopic (exact) mass is 403 g/mol. The molecule has 1 aromatic carbocycles. The van der Waals surface area contributed by atoms with E-state index in [4.69, 9.17) is 9.72 Å². The number of hydrogen-bond donors (Lipinski definition) is 1. The summed E-state index contributed by atoms with van der Waals surface area (Å²) in [6, 6.07) is 4.37. The van der Waals surface area contributed by atoms with Gasteiger partial charge in [0.2, 0.25) is 5.91 Å². The van der Waals surface area contributed by atoms with Crippen LogP contribution in [0.1, 0.15) is 37.3 Å². The highest BCUT2D eigenvalue weighted by molar-refractivity contribution is 7.19. The Morgan fingerprint density at radius 3 is 2.64 bits per heavy atom. The molecule has 7 heteroatoms. The molecule has 1 N–H and O–H groups in total. The third kappa shape index (κ3) is 4.02. The van der Waals surface area contributed by atoms with Gasteiger partial charge in [-0.2, -0.15) is 0 Å². The number of carbonyl (C=O) groups excluding carboxylic acids is 1. The second-order valence-corrected chi connectivity index (χ2v) is 9.12. The van der Waals surface area contributed by atoms with Crippen molar-refractivity contribution in [3.8, 4) is 0 Å². The van der Waals surface area contributed by atoms with Crippen LogP contribution in [0.5, 0.6) is 0 Å². The Morgan fingerprint density at radius 2 is 1.96 bits per heavy atom. The number of hydrogen-bond acceptors (Lipinski definition) is 6. The van der Waals surface area contributed by atoms with E-state index in [9.17, 15) is 9.90 Å². The summed E-state index contributed by atoms with van der Waals surface area (Å²) in [7, 11) is 0. The van der Waals surface area contributed by atoms with Crippen molar-refractivity contribution in [3.05, 3.63) is 22.7 Å². The summed E-state index contributed by atoms with van der Waals surface area (Å²) >= 11 is 1.65. The van der Waals surface area contributed by atoms with Crippen molar-refractivity contribution < 1.29 is 14.6 Å². The quantitative estimate of drug-likeness (QED) is 0.850. The van der Waals surface area contributed by atoms with Gasteiger partial charge in [0, 0.05) is 26.2 Å². The van der Waals surface area contributed by atoms with Crippen LogP contribution >= 0.6 is 11.3 Å². The standard InChI is InChI=1S/C21H29N3O3S/c1-3-15-4-5-16(23-10-12-27-13-11-23)20-19(15)22-17(28-20)14-18(25)24-8-6-21(2,26)7-9-24/h4-5,26H,3,6-14H2,1-2H3. The van der Waals surface area contributed by atoms with Crippen LogP contribution in [0.15, 0.2) is 12.1 Å². The molecule has 2 fully saturated rings. The minimum atomic E-state index is -0.643. The van der Waals surface area contributed by atoms with Crippen molar-refractivity contribution in [1.29, 1.82) is 0 Å². The van der Waals surface area contributed by atoms with Gasteiger partial charge in [-0.15, -0.1) is 11.3 Å². The number of ether oxygens (including phenoxy) is 1. The van der Waals surface area contributed by atoms with Gasteiger partial charge in [0.1, 0.15) is 5.01 Å². The van der Waals surface area contributed by atoms with Crippen LogP contribution in [0.4, 0.5) is 5.69 Å². The van der Waals surface area contributed by atoms with Crippen LogP contribution < -0.4 is 4.90 Å². The van der Waals surface area contributed by atoms with Gasteiger partial charge in [-0.05, 0) is 37.8 Å². The highest BCUT2D eigenvalue weighted by atomic mass is 32.1. The molecule has 2 aromatic rings. The predicted molar refractivity (Wildman–Crippen MR) is 112 cm³/mol. The lowest BCUT2D eigenvalue weighted by Gasteiger charge is -2.35.